The Kier molecular flexibility index (Phi) is 2.53. The lowest BCUT2D eigenvalue weighted by atomic mass is 9.93. The Morgan fingerprint density at radius 2 is 2.06 bits per heavy atom. The van der Waals surface area contributed by atoms with Gasteiger partial charge in [-0.05, 0) is 33.1 Å². The summed E-state index contributed by atoms with van der Waals surface area (Å²) in [6.45, 7) is 6.24. The minimum Gasteiger partial charge on any atom is -0.380 e. The molecule has 0 bridgehead atoms. The second kappa shape index (κ2) is 3.93. The molecular formula is C13H22N4. The van der Waals surface area contributed by atoms with Crippen LogP contribution < -0.4 is 10.6 Å². The van der Waals surface area contributed by atoms with Crippen LogP contribution in [0.4, 0.5) is 11.5 Å². The molecule has 0 radical (unpaired) electrons. The minimum atomic E-state index is 0.331. The van der Waals surface area contributed by atoms with Gasteiger partial charge in [-0.3, -0.25) is 0 Å². The number of hydrogen-bond acceptors (Lipinski definition) is 3. The molecule has 0 saturated heterocycles. The number of nitrogens with zero attached hydrogens (tertiary/aromatic N) is 2. The van der Waals surface area contributed by atoms with Gasteiger partial charge in [-0.2, -0.15) is 5.10 Å². The van der Waals surface area contributed by atoms with E-state index < -0.39 is 0 Å². The molecule has 2 aliphatic rings. The molecule has 1 spiro atoms. The summed E-state index contributed by atoms with van der Waals surface area (Å²) < 4.78 is 2.10. The standard InChI is InChI=1S/C13H22N4/c1-3-17-12-11(10(2)16-17)14-9-8-13(15-12)6-4-5-7-13/h14-15H,3-9H2,1-2H3. The molecule has 1 fully saturated rings. The molecule has 4 nitrogen and oxygen atoms in total. The third kappa shape index (κ3) is 1.70. The van der Waals surface area contributed by atoms with E-state index in [0.717, 1.165) is 18.8 Å². The van der Waals surface area contributed by atoms with E-state index in [0.29, 0.717) is 5.54 Å². The van der Waals surface area contributed by atoms with Crippen LogP contribution in [0.2, 0.25) is 0 Å². The zero-order chi connectivity index (χ0) is 11.9. The maximum absolute atomic E-state index is 4.60. The van der Waals surface area contributed by atoms with Crippen molar-refractivity contribution in [3.63, 3.8) is 0 Å². The summed E-state index contributed by atoms with van der Waals surface area (Å²) in [7, 11) is 0. The fourth-order valence-corrected chi connectivity index (χ4v) is 3.32. The molecule has 2 N–H and O–H groups in total. The highest BCUT2D eigenvalue weighted by molar-refractivity contribution is 5.69. The van der Waals surface area contributed by atoms with Crippen molar-refractivity contribution in [1.29, 1.82) is 0 Å². The zero-order valence-electron chi connectivity index (χ0n) is 10.8. The van der Waals surface area contributed by atoms with Crippen LogP contribution in [0, 0.1) is 6.92 Å². The van der Waals surface area contributed by atoms with Crippen molar-refractivity contribution in [2.45, 2.75) is 58.0 Å². The number of fused-ring (bicyclic) bond motifs is 1. The molecule has 1 aliphatic heterocycles. The number of hydrogen-bond donors (Lipinski definition) is 2. The lowest BCUT2D eigenvalue weighted by molar-refractivity contribution is 0.454. The topological polar surface area (TPSA) is 41.9 Å². The van der Waals surface area contributed by atoms with Crippen LogP contribution in [0.25, 0.3) is 0 Å². The number of aryl methyl sites for hydroxylation is 2. The first-order valence-corrected chi connectivity index (χ1v) is 6.83. The van der Waals surface area contributed by atoms with Gasteiger partial charge in [0, 0.05) is 18.6 Å². The smallest absolute Gasteiger partial charge is 0.148 e. The normalized spacial score (nSPS) is 21.8. The molecule has 0 atom stereocenters. The van der Waals surface area contributed by atoms with Gasteiger partial charge in [0.1, 0.15) is 11.5 Å². The van der Waals surface area contributed by atoms with E-state index in [1.165, 1.54) is 43.6 Å². The van der Waals surface area contributed by atoms with Gasteiger partial charge in [-0.25, -0.2) is 4.68 Å². The molecule has 0 amide bonds. The largest absolute Gasteiger partial charge is 0.380 e. The Hall–Kier alpha value is -1.19. The quantitative estimate of drug-likeness (QED) is 0.785. The van der Waals surface area contributed by atoms with E-state index in [2.05, 4.69) is 34.3 Å². The van der Waals surface area contributed by atoms with Crippen molar-refractivity contribution >= 4 is 11.5 Å². The van der Waals surface area contributed by atoms with Gasteiger partial charge in [-0.15, -0.1) is 0 Å². The van der Waals surface area contributed by atoms with Crippen LogP contribution >= 0.6 is 0 Å². The summed E-state index contributed by atoms with van der Waals surface area (Å²) in [5, 5.41) is 12.0. The first-order chi connectivity index (χ1) is 8.24. The van der Waals surface area contributed by atoms with Gasteiger partial charge in [-0.1, -0.05) is 12.8 Å². The highest BCUT2D eigenvalue weighted by Gasteiger charge is 2.36. The summed E-state index contributed by atoms with van der Waals surface area (Å²) in [4.78, 5) is 0. The average Bonchev–Trinajstić information content (AvgIpc) is 2.81. The van der Waals surface area contributed by atoms with E-state index >= 15 is 0 Å². The molecule has 4 heteroatoms. The Balaban J connectivity index is 2.00. The zero-order valence-corrected chi connectivity index (χ0v) is 10.8. The lowest BCUT2D eigenvalue weighted by Gasteiger charge is -2.29. The molecule has 2 heterocycles. The first kappa shape index (κ1) is 10.9. The molecule has 0 unspecified atom stereocenters. The summed E-state index contributed by atoms with van der Waals surface area (Å²) in [5.74, 6) is 1.21. The van der Waals surface area contributed by atoms with Gasteiger partial charge in [0.05, 0.1) is 5.69 Å². The van der Waals surface area contributed by atoms with Crippen molar-refractivity contribution < 1.29 is 0 Å². The summed E-state index contributed by atoms with van der Waals surface area (Å²) in [6, 6.07) is 0. The fraction of sp³-hybridized carbons (Fsp3) is 0.769. The second-order valence-electron chi connectivity index (χ2n) is 5.41. The number of rotatable bonds is 1. The van der Waals surface area contributed by atoms with E-state index in [1.54, 1.807) is 0 Å². The predicted molar refractivity (Wildman–Crippen MR) is 70.6 cm³/mol. The highest BCUT2D eigenvalue weighted by Crippen LogP contribution is 2.40. The van der Waals surface area contributed by atoms with Crippen LogP contribution in [0.1, 0.15) is 44.7 Å². The van der Waals surface area contributed by atoms with E-state index in [4.69, 9.17) is 0 Å². The highest BCUT2D eigenvalue weighted by atomic mass is 15.4. The van der Waals surface area contributed by atoms with E-state index in [1.807, 2.05) is 0 Å². The Morgan fingerprint density at radius 3 is 2.76 bits per heavy atom. The molecule has 94 valence electrons. The van der Waals surface area contributed by atoms with Crippen LogP contribution in [0.3, 0.4) is 0 Å². The molecular weight excluding hydrogens is 212 g/mol. The van der Waals surface area contributed by atoms with Gasteiger partial charge in [0.2, 0.25) is 0 Å². The first-order valence-electron chi connectivity index (χ1n) is 6.83. The van der Waals surface area contributed by atoms with Gasteiger partial charge >= 0.3 is 0 Å². The molecule has 0 aromatic carbocycles. The lowest BCUT2D eigenvalue weighted by Crippen LogP contribution is -2.36. The molecule has 1 aromatic heterocycles. The number of nitrogens with one attached hydrogen (secondary N) is 2. The van der Waals surface area contributed by atoms with Crippen LogP contribution in [0.15, 0.2) is 0 Å². The summed E-state index contributed by atoms with van der Waals surface area (Å²) in [6.07, 6.45) is 6.57. The summed E-state index contributed by atoms with van der Waals surface area (Å²) in [5.41, 5.74) is 2.66. The summed E-state index contributed by atoms with van der Waals surface area (Å²) >= 11 is 0. The Labute approximate surface area is 103 Å². The molecule has 1 aromatic rings. The van der Waals surface area contributed by atoms with Crippen LogP contribution in [-0.4, -0.2) is 21.9 Å². The molecule has 1 saturated carbocycles. The molecule has 17 heavy (non-hydrogen) atoms. The third-order valence-electron chi connectivity index (χ3n) is 4.28. The van der Waals surface area contributed by atoms with E-state index in [-0.39, 0.29) is 0 Å². The van der Waals surface area contributed by atoms with Crippen molar-refractivity contribution in [2.75, 3.05) is 17.2 Å². The van der Waals surface area contributed by atoms with Crippen LogP contribution in [-0.2, 0) is 6.54 Å². The van der Waals surface area contributed by atoms with Crippen molar-refractivity contribution in [3.8, 4) is 0 Å². The Morgan fingerprint density at radius 1 is 1.29 bits per heavy atom. The fourth-order valence-electron chi connectivity index (χ4n) is 3.32. The van der Waals surface area contributed by atoms with Gasteiger partial charge in [0.25, 0.3) is 0 Å². The molecule has 3 rings (SSSR count). The number of anilines is 2. The van der Waals surface area contributed by atoms with Crippen molar-refractivity contribution in [3.05, 3.63) is 5.69 Å². The number of aromatic nitrogens is 2. The SMILES string of the molecule is CCn1nc(C)c2c1NC1(CCCC1)CCN2. The predicted octanol–water partition coefficient (Wildman–Crippen LogP) is 2.75. The second-order valence-corrected chi connectivity index (χ2v) is 5.41. The Bertz CT molecular complexity index is 415. The van der Waals surface area contributed by atoms with Crippen LogP contribution in [0.5, 0.6) is 0 Å². The van der Waals surface area contributed by atoms with Crippen molar-refractivity contribution in [1.82, 2.24) is 9.78 Å². The third-order valence-corrected chi connectivity index (χ3v) is 4.28. The van der Waals surface area contributed by atoms with Crippen molar-refractivity contribution in [2.24, 2.45) is 0 Å². The minimum absolute atomic E-state index is 0.331. The maximum atomic E-state index is 4.60. The van der Waals surface area contributed by atoms with Gasteiger partial charge < -0.3 is 10.6 Å². The van der Waals surface area contributed by atoms with E-state index in [9.17, 15) is 0 Å². The maximum Gasteiger partial charge on any atom is 0.148 e. The average molecular weight is 234 g/mol. The monoisotopic (exact) mass is 234 g/mol. The molecule has 1 aliphatic carbocycles. The van der Waals surface area contributed by atoms with Gasteiger partial charge in [0.15, 0.2) is 0 Å².